The van der Waals surface area contributed by atoms with Gasteiger partial charge in [-0.25, -0.2) is 0 Å². The van der Waals surface area contributed by atoms with Crippen LogP contribution >= 0.6 is 12.4 Å². The number of anilines is 1. The fourth-order valence-electron chi connectivity index (χ4n) is 1.63. The zero-order valence-electron chi connectivity index (χ0n) is 9.65. The van der Waals surface area contributed by atoms with Crippen LogP contribution in [-0.4, -0.2) is 33.1 Å². The van der Waals surface area contributed by atoms with Gasteiger partial charge in [-0.3, -0.25) is 0 Å². The molecule has 17 heavy (non-hydrogen) atoms. The van der Waals surface area contributed by atoms with Gasteiger partial charge in [0.05, 0.1) is 13.2 Å². The molecule has 0 bridgehead atoms. The number of nitrogens with zero attached hydrogens (tertiary/aromatic N) is 3. The number of hydrogen-bond donors (Lipinski definition) is 0. The molecule has 0 spiro atoms. The molecular weight excluding hydrogens is 242 g/mol. The number of halogens is 1. The molecule has 1 fully saturated rings. The van der Waals surface area contributed by atoms with E-state index in [9.17, 15) is 0 Å². The van der Waals surface area contributed by atoms with E-state index in [4.69, 9.17) is 20.3 Å². The second kappa shape index (κ2) is 8.76. The Morgan fingerprint density at radius 1 is 1.29 bits per heavy atom. The summed E-state index contributed by atoms with van der Waals surface area (Å²) in [4.78, 5) is 2.28. The second-order valence-electron chi connectivity index (χ2n) is 3.32. The largest absolute Gasteiger partial charge is 0.364 e. The van der Waals surface area contributed by atoms with E-state index in [-0.39, 0.29) is 18.7 Å². The van der Waals surface area contributed by atoms with Gasteiger partial charge in [-0.05, 0) is 12.1 Å². The Morgan fingerprint density at radius 3 is 2.53 bits per heavy atom. The Hall–Kier alpha value is -1.35. The first-order chi connectivity index (χ1) is 7.90. The van der Waals surface area contributed by atoms with Crippen LogP contribution in [0.1, 0.15) is 0 Å². The highest BCUT2D eigenvalue weighted by Crippen LogP contribution is 2.16. The lowest BCUT2D eigenvalue weighted by molar-refractivity contribution is -0.128. The molecule has 1 heterocycles. The highest BCUT2D eigenvalue weighted by molar-refractivity contribution is 5.85. The summed E-state index contributed by atoms with van der Waals surface area (Å²) in [5, 5.41) is 12.0. The first kappa shape index (κ1) is 15.7. The summed E-state index contributed by atoms with van der Waals surface area (Å²) in [7, 11) is 1.68. The molecule has 1 saturated heterocycles. The third kappa shape index (κ3) is 4.57. The molecular formula is C11H16ClN3O2. The van der Waals surface area contributed by atoms with Crippen molar-refractivity contribution in [1.29, 1.82) is 10.8 Å². The lowest BCUT2D eigenvalue weighted by Gasteiger charge is -2.33. The van der Waals surface area contributed by atoms with Crippen molar-refractivity contribution in [3.05, 3.63) is 30.3 Å². The quantitative estimate of drug-likeness (QED) is 0.758. The second-order valence-corrected chi connectivity index (χ2v) is 3.32. The van der Waals surface area contributed by atoms with Crippen LogP contribution in [0.25, 0.3) is 0 Å². The molecule has 94 valence electrons. The molecule has 1 aromatic carbocycles. The predicted octanol–water partition coefficient (Wildman–Crippen LogP) is 1.95. The summed E-state index contributed by atoms with van der Waals surface area (Å²) in [6, 6.07) is 10.3. The van der Waals surface area contributed by atoms with E-state index in [0.717, 1.165) is 19.7 Å². The third-order valence-electron chi connectivity index (χ3n) is 2.42. The van der Waals surface area contributed by atoms with Crippen molar-refractivity contribution in [1.82, 2.24) is 0 Å². The summed E-state index contributed by atoms with van der Waals surface area (Å²) in [6.07, 6.45) is -0.0936. The first-order valence-electron chi connectivity index (χ1n) is 5.04. The lowest BCUT2D eigenvalue weighted by Crippen LogP contribution is -2.43. The third-order valence-corrected chi connectivity index (χ3v) is 2.42. The Morgan fingerprint density at radius 2 is 1.94 bits per heavy atom. The molecule has 1 aliphatic rings. The van der Waals surface area contributed by atoms with Gasteiger partial charge in [-0.1, -0.05) is 18.2 Å². The van der Waals surface area contributed by atoms with Gasteiger partial charge in [0.25, 0.3) is 0 Å². The fourth-order valence-corrected chi connectivity index (χ4v) is 1.63. The normalized spacial score (nSPS) is 18.5. The van der Waals surface area contributed by atoms with Crippen LogP contribution in [0.2, 0.25) is 0 Å². The number of benzene rings is 1. The molecule has 1 aromatic rings. The van der Waals surface area contributed by atoms with Gasteiger partial charge in [-0.2, -0.15) is 0 Å². The summed E-state index contributed by atoms with van der Waals surface area (Å²) in [5.41, 5.74) is 1.23. The zero-order chi connectivity index (χ0) is 11.8. The molecule has 0 aromatic heterocycles. The zero-order valence-corrected chi connectivity index (χ0v) is 10.5. The van der Waals surface area contributed by atoms with Gasteiger partial charge < -0.3 is 14.4 Å². The summed E-state index contributed by atoms with van der Waals surface area (Å²) < 4.78 is 10.6. The average Bonchev–Trinajstić information content (AvgIpc) is 2.42. The van der Waals surface area contributed by atoms with Crippen molar-refractivity contribution in [2.45, 2.75) is 6.29 Å². The first-order valence-corrected chi connectivity index (χ1v) is 5.04. The van der Waals surface area contributed by atoms with E-state index in [1.807, 2.05) is 18.2 Å². The Kier molecular flexibility index (Phi) is 8.07. The standard InChI is InChI=1S/C11H15NO2.ClH.N2/c1-13-11-9-12(7-8-14-11)10-5-3-2-4-6-10;;1-2/h2-6,11H,7-9H2,1H3;1H;. The molecule has 0 saturated carbocycles. The van der Waals surface area contributed by atoms with Crippen LogP contribution in [0.3, 0.4) is 0 Å². The van der Waals surface area contributed by atoms with Crippen molar-refractivity contribution in [3.8, 4) is 0 Å². The van der Waals surface area contributed by atoms with Crippen LogP contribution in [0.5, 0.6) is 0 Å². The maximum absolute atomic E-state index is 6.00. The highest BCUT2D eigenvalue weighted by Gasteiger charge is 2.19. The number of para-hydroxylation sites is 1. The van der Waals surface area contributed by atoms with Crippen molar-refractivity contribution < 1.29 is 9.47 Å². The smallest absolute Gasteiger partial charge is 0.174 e. The van der Waals surface area contributed by atoms with Crippen LogP contribution in [0, 0.1) is 10.8 Å². The molecule has 2 rings (SSSR count). The van der Waals surface area contributed by atoms with Gasteiger partial charge in [0.2, 0.25) is 0 Å². The van der Waals surface area contributed by atoms with Crippen LogP contribution < -0.4 is 4.90 Å². The molecule has 0 aliphatic carbocycles. The lowest BCUT2D eigenvalue weighted by atomic mass is 10.2. The van der Waals surface area contributed by atoms with Crippen LogP contribution in [0.4, 0.5) is 5.69 Å². The van der Waals surface area contributed by atoms with E-state index in [0.29, 0.717) is 0 Å². The molecule has 0 amide bonds. The minimum absolute atomic E-state index is 0. The minimum Gasteiger partial charge on any atom is -0.364 e. The summed E-state index contributed by atoms with van der Waals surface area (Å²) in [5.74, 6) is 0. The number of methoxy groups -OCH3 is 1. The topological polar surface area (TPSA) is 69.3 Å². The maximum Gasteiger partial charge on any atom is 0.174 e. The van der Waals surface area contributed by atoms with Gasteiger partial charge in [0, 0.05) is 30.1 Å². The van der Waals surface area contributed by atoms with Crippen molar-refractivity contribution >= 4 is 18.1 Å². The molecule has 0 radical (unpaired) electrons. The molecule has 6 heteroatoms. The van der Waals surface area contributed by atoms with Crippen molar-refractivity contribution in [2.24, 2.45) is 0 Å². The van der Waals surface area contributed by atoms with Crippen molar-refractivity contribution in [3.63, 3.8) is 0 Å². The number of hydrogen-bond acceptors (Lipinski definition) is 5. The molecule has 5 nitrogen and oxygen atoms in total. The summed E-state index contributed by atoms with van der Waals surface area (Å²) in [6.45, 7) is 2.47. The molecule has 1 aliphatic heterocycles. The summed E-state index contributed by atoms with van der Waals surface area (Å²) >= 11 is 0. The Balaban J connectivity index is 0.000000811. The average molecular weight is 258 g/mol. The Labute approximate surface area is 107 Å². The fraction of sp³-hybridized carbons (Fsp3) is 0.455. The Bertz CT molecular complexity index is 321. The van der Waals surface area contributed by atoms with Gasteiger partial charge in [-0.15, -0.1) is 12.4 Å². The monoisotopic (exact) mass is 257 g/mol. The molecule has 0 N–H and O–H groups in total. The van der Waals surface area contributed by atoms with Crippen LogP contribution in [-0.2, 0) is 9.47 Å². The van der Waals surface area contributed by atoms with E-state index < -0.39 is 0 Å². The van der Waals surface area contributed by atoms with Gasteiger partial charge in [0.1, 0.15) is 0 Å². The minimum atomic E-state index is -0.0936. The van der Waals surface area contributed by atoms with Gasteiger partial charge >= 0.3 is 0 Å². The number of rotatable bonds is 2. The molecule has 1 unspecified atom stereocenters. The van der Waals surface area contributed by atoms with E-state index >= 15 is 0 Å². The van der Waals surface area contributed by atoms with E-state index in [1.165, 1.54) is 5.69 Å². The predicted molar refractivity (Wildman–Crippen MR) is 66.1 cm³/mol. The SMILES string of the molecule is COC1CN(c2ccccc2)CCO1.Cl.N#N. The van der Waals surface area contributed by atoms with Crippen LogP contribution in [0.15, 0.2) is 30.3 Å². The maximum atomic E-state index is 6.00. The van der Waals surface area contributed by atoms with E-state index in [2.05, 4.69) is 17.0 Å². The number of ether oxygens (including phenoxy) is 2. The number of morpholine rings is 1. The highest BCUT2D eigenvalue weighted by atomic mass is 35.5. The van der Waals surface area contributed by atoms with Crippen molar-refractivity contribution in [2.75, 3.05) is 31.7 Å². The molecule has 1 atom stereocenters. The van der Waals surface area contributed by atoms with E-state index in [1.54, 1.807) is 7.11 Å². The van der Waals surface area contributed by atoms with Gasteiger partial charge in [0.15, 0.2) is 6.29 Å².